The first-order valence-corrected chi connectivity index (χ1v) is 5.80. The lowest BCUT2D eigenvalue weighted by Crippen LogP contribution is -2.00. The maximum atomic E-state index is 11.0. The first kappa shape index (κ1) is 11.9. The van der Waals surface area contributed by atoms with Crippen LogP contribution in [-0.4, -0.2) is 16.1 Å². The molecule has 0 aliphatic heterocycles. The Balaban J connectivity index is 2.50. The first-order valence-electron chi connectivity index (χ1n) is 5.42. The van der Waals surface area contributed by atoms with Gasteiger partial charge in [0.05, 0.1) is 5.56 Å². The van der Waals surface area contributed by atoms with Gasteiger partial charge >= 0.3 is 0 Å². The molecular weight excluding hydrogens is 236 g/mol. The van der Waals surface area contributed by atoms with Gasteiger partial charge in [-0.25, -0.2) is 0 Å². The molecule has 3 nitrogen and oxygen atoms in total. The summed E-state index contributed by atoms with van der Waals surface area (Å²) in [6.45, 7) is 4.04. The van der Waals surface area contributed by atoms with Gasteiger partial charge in [-0.15, -0.1) is 0 Å². The molecule has 0 bridgehead atoms. The highest BCUT2D eigenvalue weighted by Gasteiger charge is 2.11. The monoisotopic (exact) mass is 248 g/mol. The molecule has 4 heteroatoms. The number of aromatic nitrogens is 2. The summed E-state index contributed by atoms with van der Waals surface area (Å²) in [4.78, 5) is 11.0. The highest BCUT2D eigenvalue weighted by Crippen LogP contribution is 2.23. The van der Waals surface area contributed by atoms with Crippen LogP contribution in [0.2, 0.25) is 5.02 Å². The van der Waals surface area contributed by atoms with Crippen molar-refractivity contribution in [1.82, 2.24) is 9.78 Å². The molecule has 0 aliphatic rings. The molecule has 1 aromatic carbocycles. The van der Waals surface area contributed by atoms with Gasteiger partial charge in [0.25, 0.3) is 0 Å². The molecular formula is C13H13ClN2O. The van der Waals surface area contributed by atoms with Gasteiger partial charge in [0.15, 0.2) is 6.29 Å². The molecule has 0 saturated carbocycles. The van der Waals surface area contributed by atoms with Crippen LogP contribution < -0.4 is 0 Å². The molecule has 0 unspecified atom stereocenters. The average molecular weight is 249 g/mol. The van der Waals surface area contributed by atoms with E-state index in [-0.39, 0.29) is 6.04 Å². The number of aldehydes is 1. The largest absolute Gasteiger partial charge is 0.298 e. The SMILES string of the molecule is CC(C)n1cc(C=O)c(-c2ccc(Cl)cc2)n1. The molecule has 0 fully saturated rings. The Bertz CT molecular complexity index is 529. The number of carbonyl (C=O) groups excluding carboxylic acids is 1. The van der Waals surface area contributed by atoms with Crippen LogP contribution >= 0.6 is 11.6 Å². The zero-order valence-electron chi connectivity index (χ0n) is 9.72. The zero-order chi connectivity index (χ0) is 12.4. The summed E-state index contributed by atoms with van der Waals surface area (Å²) >= 11 is 5.83. The van der Waals surface area contributed by atoms with E-state index in [1.807, 2.05) is 26.0 Å². The van der Waals surface area contributed by atoms with Crippen LogP contribution in [0.1, 0.15) is 30.2 Å². The van der Waals surface area contributed by atoms with Crippen LogP contribution in [0.4, 0.5) is 0 Å². The van der Waals surface area contributed by atoms with E-state index in [0.29, 0.717) is 16.3 Å². The number of nitrogens with zero attached hydrogens (tertiary/aromatic N) is 2. The van der Waals surface area contributed by atoms with Crippen molar-refractivity contribution in [2.75, 3.05) is 0 Å². The summed E-state index contributed by atoms with van der Waals surface area (Å²) in [5, 5.41) is 5.09. The lowest BCUT2D eigenvalue weighted by atomic mass is 10.1. The van der Waals surface area contributed by atoms with Crippen LogP contribution in [0, 0.1) is 0 Å². The van der Waals surface area contributed by atoms with Crippen molar-refractivity contribution in [2.45, 2.75) is 19.9 Å². The normalized spacial score (nSPS) is 10.8. The fourth-order valence-electron chi connectivity index (χ4n) is 1.59. The summed E-state index contributed by atoms with van der Waals surface area (Å²) in [5.74, 6) is 0. The number of halogens is 1. The molecule has 1 heterocycles. The Morgan fingerprint density at radius 3 is 2.47 bits per heavy atom. The lowest BCUT2D eigenvalue weighted by Gasteiger charge is -2.03. The highest BCUT2D eigenvalue weighted by molar-refractivity contribution is 6.30. The van der Waals surface area contributed by atoms with E-state index < -0.39 is 0 Å². The van der Waals surface area contributed by atoms with Crippen LogP contribution in [0.25, 0.3) is 11.3 Å². The van der Waals surface area contributed by atoms with E-state index >= 15 is 0 Å². The van der Waals surface area contributed by atoms with E-state index in [1.54, 1.807) is 23.0 Å². The summed E-state index contributed by atoms with van der Waals surface area (Å²) < 4.78 is 1.79. The molecule has 0 N–H and O–H groups in total. The molecule has 0 spiro atoms. The van der Waals surface area contributed by atoms with Crippen molar-refractivity contribution in [2.24, 2.45) is 0 Å². The Kier molecular flexibility index (Phi) is 3.29. The maximum absolute atomic E-state index is 11.0. The second-order valence-electron chi connectivity index (χ2n) is 4.13. The summed E-state index contributed by atoms with van der Waals surface area (Å²) in [6.07, 6.45) is 2.59. The van der Waals surface area contributed by atoms with E-state index in [2.05, 4.69) is 5.10 Å². The van der Waals surface area contributed by atoms with Crippen molar-refractivity contribution < 1.29 is 4.79 Å². The van der Waals surface area contributed by atoms with E-state index in [9.17, 15) is 4.79 Å². The van der Waals surface area contributed by atoms with Crippen molar-refractivity contribution in [1.29, 1.82) is 0 Å². The van der Waals surface area contributed by atoms with Gasteiger partial charge in [0, 0.05) is 22.8 Å². The smallest absolute Gasteiger partial charge is 0.153 e. The van der Waals surface area contributed by atoms with Gasteiger partial charge < -0.3 is 0 Å². The molecule has 0 atom stereocenters. The summed E-state index contributed by atoms with van der Waals surface area (Å²) in [7, 11) is 0. The molecule has 1 aromatic heterocycles. The van der Waals surface area contributed by atoms with Crippen molar-refractivity contribution in [3.05, 3.63) is 41.0 Å². The van der Waals surface area contributed by atoms with E-state index in [1.165, 1.54) is 0 Å². The molecule has 0 amide bonds. The van der Waals surface area contributed by atoms with Gasteiger partial charge in [-0.1, -0.05) is 23.7 Å². The van der Waals surface area contributed by atoms with Gasteiger partial charge in [0.2, 0.25) is 0 Å². The molecule has 0 saturated heterocycles. The summed E-state index contributed by atoms with van der Waals surface area (Å²) in [5.41, 5.74) is 2.20. The second-order valence-corrected chi connectivity index (χ2v) is 4.57. The lowest BCUT2D eigenvalue weighted by molar-refractivity contribution is 0.112. The van der Waals surface area contributed by atoms with Gasteiger partial charge in [-0.05, 0) is 26.0 Å². The molecule has 17 heavy (non-hydrogen) atoms. The zero-order valence-corrected chi connectivity index (χ0v) is 10.5. The standard InChI is InChI=1S/C13H13ClN2O/c1-9(2)16-7-11(8-17)13(15-16)10-3-5-12(14)6-4-10/h3-9H,1-2H3. The number of rotatable bonds is 3. The van der Waals surface area contributed by atoms with Crippen molar-refractivity contribution in [3.8, 4) is 11.3 Å². The fourth-order valence-corrected chi connectivity index (χ4v) is 1.71. The first-order chi connectivity index (χ1) is 8.11. The highest BCUT2D eigenvalue weighted by atomic mass is 35.5. The number of carbonyl (C=O) groups is 1. The maximum Gasteiger partial charge on any atom is 0.153 e. The van der Waals surface area contributed by atoms with Gasteiger partial charge in [-0.3, -0.25) is 9.48 Å². The average Bonchev–Trinajstić information content (AvgIpc) is 2.74. The molecule has 88 valence electrons. The Labute approximate surface area is 105 Å². The van der Waals surface area contributed by atoms with E-state index in [4.69, 9.17) is 11.6 Å². The minimum Gasteiger partial charge on any atom is -0.298 e. The topological polar surface area (TPSA) is 34.9 Å². The van der Waals surface area contributed by atoms with Crippen LogP contribution in [0.15, 0.2) is 30.5 Å². The van der Waals surface area contributed by atoms with Crippen LogP contribution in [0.3, 0.4) is 0 Å². The Hall–Kier alpha value is -1.61. The van der Waals surface area contributed by atoms with Gasteiger partial charge in [0.1, 0.15) is 5.69 Å². The van der Waals surface area contributed by atoms with Crippen molar-refractivity contribution >= 4 is 17.9 Å². The molecule has 0 aliphatic carbocycles. The minimum absolute atomic E-state index is 0.231. The van der Waals surface area contributed by atoms with Crippen LogP contribution in [-0.2, 0) is 0 Å². The number of benzene rings is 1. The number of hydrogen-bond donors (Lipinski definition) is 0. The molecule has 2 rings (SSSR count). The Morgan fingerprint density at radius 2 is 1.94 bits per heavy atom. The summed E-state index contributed by atoms with van der Waals surface area (Å²) in [6, 6.07) is 7.54. The quantitative estimate of drug-likeness (QED) is 0.778. The predicted octanol–water partition coefficient (Wildman–Crippen LogP) is 3.60. The van der Waals surface area contributed by atoms with E-state index in [0.717, 1.165) is 11.8 Å². The fraction of sp³-hybridized carbons (Fsp3) is 0.231. The molecule has 2 aromatic rings. The third-order valence-electron chi connectivity index (χ3n) is 2.53. The third kappa shape index (κ3) is 2.39. The third-order valence-corrected chi connectivity index (χ3v) is 2.79. The van der Waals surface area contributed by atoms with Gasteiger partial charge in [-0.2, -0.15) is 5.10 Å². The molecule has 0 radical (unpaired) electrons. The Morgan fingerprint density at radius 1 is 1.29 bits per heavy atom. The second kappa shape index (κ2) is 4.72. The van der Waals surface area contributed by atoms with Crippen molar-refractivity contribution in [3.63, 3.8) is 0 Å². The predicted molar refractivity (Wildman–Crippen MR) is 68.4 cm³/mol. The van der Waals surface area contributed by atoms with Crippen LogP contribution in [0.5, 0.6) is 0 Å². The number of hydrogen-bond acceptors (Lipinski definition) is 2. The minimum atomic E-state index is 0.231.